The second-order valence-electron chi connectivity index (χ2n) is 8.75. The van der Waals surface area contributed by atoms with Crippen LogP contribution >= 0.6 is 0 Å². The van der Waals surface area contributed by atoms with Crippen molar-refractivity contribution in [1.29, 1.82) is 0 Å². The van der Waals surface area contributed by atoms with Gasteiger partial charge in [-0.25, -0.2) is 26.8 Å². The van der Waals surface area contributed by atoms with E-state index in [1.807, 2.05) is 24.3 Å². The normalized spacial score (nSPS) is 11.8. The number of nitrogens with one attached hydrogen (secondary N) is 4. The third-order valence-electron chi connectivity index (χ3n) is 5.53. The molecule has 0 radical (unpaired) electrons. The van der Waals surface area contributed by atoms with Crippen molar-refractivity contribution in [2.45, 2.75) is 0 Å². The molecule has 0 saturated heterocycles. The van der Waals surface area contributed by atoms with E-state index in [-0.39, 0.29) is 0 Å². The van der Waals surface area contributed by atoms with E-state index in [0.29, 0.717) is 23.0 Å². The van der Waals surface area contributed by atoms with Crippen molar-refractivity contribution in [2.24, 2.45) is 0 Å². The first kappa shape index (κ1) is 25.2. The number of H-pyrrole nitrogens is 2. The maximum Gasteiger partial charge on any atom is 0.229 e. The highest BCUT2D eigenvalue weighted by Gasteiger charge is 2.11. The van der Waals surface area contributed by atoms with Crippen molar-refractivity contribution < 1.29 is 16.8 Å². The summed E-state index contributed by atoms with van der Waals surface area (Å²) in [6, 6.07) is 21.8. The highest BCUT2D eigenvalue weighted by molar-refractivity contribution is 7.92. The lowest BCUT2D eigenvalue weighted by molar-refractivity contribution is 0.605. The average molecular weight is 549 g/mol. The lowest BCUT2D eigenvalue weighted by Crippen LogP contribution is -2.09. The summed E-state index contributed by atoms with van der Waals surface area (Å²) in [6.45, 7) is 0. The summed E-state index contributed by atoms with van der Waals surface area (Å²) in [4.78, 5) is 15.8. The average Bonchev–Trinajstić information content (AvgIpc) is 3.54. The minimum Gasteiger partial charge on any atom is -0.344 e. The quantitative estimate of drug-likeness (QED) is 0.224. The van der Waals surface area contributed by atoms with Gasteiger partial charge < -0.3 is 9.97 Å². The first-order valence-corrected chi connectivity index (χ1v) is 15.2. The van der Waals surface area contributed by atoms with E-state index in [4.69, 9.17) is 9.97 Å². The van der Waals surface area contributed by atoms with Crippen LogP contribution in [0.5, 0.6) is 0 Å². The maximum absolute atomic E-state index is 11.4. The van der Waals surface area contributed by atoms with Crippen LogP contribution < -0.4 is 9.44 Å². The molecule has 0 amide bonds. The van der Waals surface area contributed by atoms with Crippen LogP contribution in [-0.4, -0.2) is 49.3 Å². The van der Waals surface area contributed by atoms with E-state index in [0.717, 1.165) is 46.2 Å². The molecule has 5 aromatic rings. The molecule has 0 saturated carbocycles. The number of rotatable bonds is 8. The van der Waals surface area contributed by atoms with Crippen LogP contribution in [0.15, 0.2) is 85.2 Å². The molecule has 0 spiro atoms. The standard InChI is InChI=1S/C26H24N6O4S2/c1-37(33,34)31-21-10-6-17(7-11-21)23-15-27-25(29-23)19-4-3-5-20(14-19)26-28-16-24(30-26)18-8-12-22(13-9-18)32-38(2,35)36/h3-16,31-32H,1-2H3,(H,27,29)(H,28,30). The van der Waals surface area contributed by atoms with Crippen LogP contribution in [0.2, 0.25) is 0 Å². The van der Waals surface area contributed by atoms with Gasteiger partial charge in [-0.1, -0.05) is 42.5 Å². The molecule has 2 heterocycles. The van der Waals surface area contributed by atoms with Gasteiger partial charge in [-0.2, -0.15) is 0 Å². The Bertz CT molecular complexity index is 1680. The molecule has 12 heteroatoms. The fraction of sp³-hybridized carbons (Fsp3) is 0.0769. The Morgan fingerprint density at radius 3 is 1.34 bits per heavy atom. The van der Waals surface area contributed by atoms with Crippen molar-refractivity contribution in [3.8, 4) is 45.3 Å². The summed E-state index contributed by atoms with van der Waals surface area (Å²) in [5.74, 6) is 1.36. The topological polar surface area (TPSA) is 150 Å². The third kappa shape index (κ3) is 6.10. The number of anilines is 2. The fourth-order valence-electron chi connectivity index (χ4n) is 3.89. The summed E-state index contributed by atoms with van der Waals surface area (Å²) >= 11 is 0. The van der Waals surface area contributed by atoms with Gasteiger partial charge in [0.2, 0.25) is 20.0 Å². The van der Waals surface area contributed by atoms with Gasteiger partial charge in [0, 0.05) is 46.0 Å². The van der Waals surface area contributed by atoms with E-state index in [1.54, 1.807) is 60.9 Å². The smallest absolute Gasteiger partial charge is 0.229 e. The SMILES string of the molecule is CS(=O)(=O)Nc1ccc(-c2c[nH]c(-c3cccc(-c4nc(-c5ccc(NS(C)(=O)=O)cc5)c[nH]4)c3)n2)cc1. The largest absolute Gasteiger partial charge is 0.344 e. The van der Waals surface area contributed by atoms with Crippen molar-refractivity contribution in [3.05, 3.63) is 85.2 Å². The number of aromatic amines is 2. The summed E-state index contributed by atoms with van der Waals surface area (Å²) in [5.41, 5.74) is 5.86. The molecule has 0 bridgehead atoms. The number of hydrogen-bond acceptors (Lipinski definition) is 6. The second kappa shape index (κ2) is 9.80. The van der Waals surface area contributed by atoms with Crippen molar-refractivity contribution >= 4 is 31.4 Å². The lowest BCUT2D eigenvalue weighted by Gasteiger charge is -2.04. The van der Waals surface area contributed by atoms with Crippen LogP contribution in [-0.2, 0) is 20.0 Å². The first-order valence-electron chi connectivity index (χ1n) is 11.4. The highest BCUT2D eigenvalue weighted by atomic mass is 32.2. The van der Waals surface area contributed by atoms with Gasteiger partial charge in [0.1, 0.15) is 11.6 Å². The number of aromatic nitrogens is 4. The molecular formula is C26H24N6O4S2. The number of nitrogens with zero attached hydrogens (tertiary/aromatic N) is 2. The Balaban J connectivity index is 1.34. The number of sulfonamides is 2. The van der Waals surface area contributed by atoms with Crippen LogP contribution in [0.1, 0.15) is 0 Å². The lowest BCUT2D eigenvalue weighted by atomic mass is 10.1. The number of hydrogen-bond donors (Lipinski definition) is 4. The van der Waals surface area contributed by atoms with Crippen molar-refractivity contribution in [1.82, 2.24) is 19.9 Å². The molecule has 10 nitrogen and oxygen atoms in total. The summed E-state index contributed by atoms with van der Waals surface area (Å²) in [6.07, 6.45) is 5.82. The monoisotopic (exact) mass is 548 g/mol. The predicted molar refractivity (Wildman–Crippen MR) is 149 cm³/mol. The Morgan fingerprint density at radius 2 is 0.974 bits per heavy atom. The van der Waals surface area contributed by atoms with Gasteiger partial charge in [-0.3, -0.25) is 9.44 Å². The van der Waals surface area contributed by atoms with Gasteiger partial charge in [-0.15, -0.1) is 0 Å². The molecule has 38 heavy (non-hydrogen) atoms. The van der Waals surface area contributed by atoms with Gasteiger partial charge in [0.05, 0.1) is 23.9 Å². The van der Waals surface area contributed by atoms with E-state index < -0.39 is 20.0 Å². The van der Waals surface area contributed by atoms with Crippen LogP contribution in [0.3, 0.4) is 0 Å². The molecule has 5 rings (SSSR count). The van der Waals surface area contributed by atoms with Gasteiger partial charge in [-0.05, 0) is 30.3 Å². The van der Waals surface area contributed by atoms with E-state index in [9.17, 15) is 16.8 Å². The molecule has 0 aliphatic carbocycles. The minimum absolute atomic E-state index is 0.485. The molecule has 4 N–H and O–H groups in total. The molecule has 2 aromatic heterocycles. The molecular weight excluding hydrogens is 524 g/mol. The number of benzene rings is 3. The Kier molecular flexibility index (Phi) is 6.51. The van der Waals surface area contributed by atoms with Crippen molar-refractivity contribution in [2.75, 3.05) is 22.0 Å². The molecule has 0 aliphatic rings. The van der Waals surface area contributed by atoms with Gasteiger partial charge in [0.15, 0.2) is 0 Å². The van der Waals surface area contributed by atoms with Crippen LogP contribution in [0.4, 0.5) is 11.4 Å². The minimum atomic E-state index is -3.34. The molecule has 3 aromatic carbocycles. The van der Waals surface area contributed by atoms with Crippen molar-refractivity contribution in [3.63, 3.8) is 0 Å². The van der Waals surface area contributed by atoms with Crippen LogP contribution in [0, 0.1) is 0 Å². The molecule has 194 valence electrons. The molecule has 0 fully saturated rings. The first-order chi connectivity index (χ1) is 18.0. The zero-order valence-corrected chi connectivity index (χ0v) is 22.1. The number of imidazole rings is 2. The zero-order valence-electron chi connectivity index (χ0n) is 20.4. The molecule has 0 atom stereocenters. The fourth-order valence-corrected chi connectivity index (χ4v) is 5.02. The van der Waals surface area contributed by atoms with E-state index in [1.165, 1.54) is 0 Å². The van der Waals surface area contributed by atoms with Gasteiger partial charge in [0.25, 0.3) is 0 Å². The Morgan fingerprint density at radius 1 is 0.579 bits per heavy atom. The molecule has 0 unspecified atom stereocenters. The molecule has 0 aliphatic heterocycles. The predicted octanol–water partition coefficient (Wildman–Crippen LogP) is 4.54. The zero-order chi connectivity index (χ0) is 26.9. The second-order valence-corrected chi connectivity index (χ2v) is 12.2. The van der Waals surface area contributed by atoms with E-state index >= 15 is 0 Å². The Labute approximate surface area is 220 Å². The summed E-state index contributed by atoms with van der Waals surface area (Å²) in [7, 11) is -6.68. The van der Waals surface area contributed by atoms with E-state index in [2.05, 4.69) is 19.4 Å². The Hall–Kier alpha value is -4.42. The van der Waals surface area contributed by atoms with Crippen LogP contribution in [0.25, 0.3) is 45.3 Å². The summed E-state index contributed by atoms with van der Waals surface area (Å²) < 4.78 is 50.6. The highest BCUT2D eigenvalue weighted by Crippen LogP contribution is 2.28. The summed E-state index contributed by atoms with van der Waals surface area (Å²) in [5, 5.41) is 0. The van der Waals surface area contributed by atoms with Gasteiger partial charge >= 0.3 is 0 Å². The maximum atomic E-state index is 11.4. The third-order valence-corrected chi connectivity index (χ3v) is 6.75.